The maximum absolute atomic E-state index is 9.06. The Hall–Kier alpha value is -0.575. The van der Waals surface area contributed by atoms with Gasteiger partial charge in [0, 0.05) is 23.3 Å². The standard InChI is InChI=1S/C8H9BClNO2/c10-6-3-7(9(12)13)8(11-4-6)5-1-2-5/h3-5,12-13H,1-2H2. The number of nitrogens with zero attached hydrogens (tertiary/aromatic N) is 1. The maximum Gasteiger partial charge on any atom is 0.490 e. The average Bonchev–Trinajstić information content (AvgIpc) is 2.87. The topological polar surface area (TPSA) is 53.4 Å². The first-order valence-electron chi connectivity index (χ1n) is 4.20. The van der Waals surface area contributed by atoms with E-state index in [0.29, 0.717) is 16.4 Å². The van der Waals surface area contributed by atoms with E-state index in [2.05, 4.69) is 4.98 Å². The van der Waals surface area contributed by atoms with Crippen molar-refractivity contribution in [3.63, 3.8) is 0 Å². The molecule has 0 spiro atoms. The molecule has 68 valence electrons. The maximum atomic E-state index is 9.06. The Labute approximate surface area is 81.5 Å². The fourth-order valence-electron chi connectivity index (χ4n) is 1.37. The average molecular weight is 197 g/mol. The van der Waals surface area contributed by atoms with E-state index in [-0.39, 0.29) is 0 Å². The molecule has 5 heteroatoms. The molecule has 1 saturated carbocycles. The molecule has 0 amide bonds. The third-order valence-electron chi connectivity index (χ3n) is 2.16. The van der Waals surface area contributed by atoms with Gasteiger partial charge in [0.15, 0.2) is 0 Å². The van der Waals surface area contributed by atoms with Gasteiger partial charge in [-0.25, -0.2) is 0 Å². The van der Waals surface area contributed by atoms with Crippen molar-refractivity contribution in [2.75, 3.05) is 0 Å². The lowest BCUT2D eigenvalue weighted by atomic mass is 9.78. The summed E-state index contributed by atoms with van der Waals surface area (Å²) in [6.45, 7) is 0. The predicted octanol–water partition coefficient (Wildman–Crippen LogP) is 0.292. The van der Waals surface area contributed by atoms with Crippen LogP contribution in [-0.2, 0) is 0 Å². The molecule has 13 heavy (non-hydrogen) atoms. The zero-order valence-corrected chi connectivity index (χ0v) is 7.70. The van der Waals surface area contributed by atoms with Crippen molar-refractivity contribution in [1.82, 2.24) is 4.98 Å². The van der Waals surface area contributed by atoms with Gasteiger partial charge in [-0.05, 0) is 18.9 Å². The summed E-state index contributed by atoms with van der Waals surface area (Å²) in [4.78, 5) is 4.11. The molecule has 0 radical (unpaired) electrons. The van der Waals surface area contributed by atoms with Crippen LogP contribution >= 0.6 is 11.6 Å². The van der Waals surface area contributed by atoms with E-state index < -0.39 is 7.12 Å². The van der Waals surface area contributed by atoms with E-state index in [0.717, 1.165) is 18.5 Å². The lowest BCUT2D eigenvalue weighted by molar-refractivity contribution is 0.425. The monoisotopic (exact) mass is 197 g/mol. The van der Waals surface area contributed by atoms with Crippen LogP contribution in [0.4, 0.5) is 0 Å². The molecule has 0 aromatic carbocycles. The summed E-state index contributed by atoms with van der Waals surface area (Å²) in [5.74, 6) is 0.397. The summed E-state index contributed by atoms with van der Waals surface area (Å²) in [6.07, 6.45) is 3.70. The van der Waals surface area contributed by atoms with Crippen LogP contribution < -0.4 is 5.46 Å². The lowest BCUT2D eigenvalue weighted by Crippen LogP contribution is -2.33. The van der Waals surface area contributed by atoms with E-state index in [1.807, 2.05) is 0 Å². The number of rotatable bonds is 2. The molecular weight excluding hydrogens is 188 g/mol. The first kappa shape index (κ1) is 9.00. The Balaban J connectivity index is 2.41. The molecule has 3 nitrogen and oxygen atoms in total. The van der Waals surface area contributed by atoms with Crippen molar-refractivity contribution in [1.29, 1.82) is 0 Å². The molecule has 2 rings (SSSR count). The summed E-state index contributed by atoms with van der Waals surface area (Å²) >= 11 is 5.70. The third kappa shape index (κ3) is 1.85. The van der Waals surface area contributed by atoms with Crippen LogP contribution in [0.5, 0.6) is 0 Å². The van der Waals surface area contributed by atoms with Gasteiger partial charge in [0.2, 0.25) is 0 Å². The molecule has 0 saturated heterocycles. The molecule has 1 heterocycles. The molecule has 1 aliphatic carbocycles. The highest BCUT2D eigenvalue weighted by Crippen LogP contribution is 2.38. The molecular formula is C8H9BClNO2. The van der Waals surface area contributed by atoms with Crippen molar-refractivity contribution in [2.24, 2.45) is 0 Å². The molecule has 1 aliphatic rings. The molecule has 1 aromatic heterocycles. The second kappa shape index (κ2) is 3.29. The largest absolute Gasteiger partial charge is 0.490 e. The zero-order valence-electron chi connectivity index (χ0n) is 6.94. The van der Waals surface area contributed by atoms with Crippen molar-refractivity contribution in [2.45, 2.75) is 18.8 Å². The van der Waals surface area contributed by atoms with Gasteiger partial charge in [-0.1, -0.05) is 11.6 Å². The number of hydrogen-bond acceptors (Lipinski definition) is 3. The number of pyridine rings is 1. The summed E-state index contributed by atoms with van der Waals surface area (Å²) < 4.78 is 0. The van der Waals surface area contributed by atoms with Gasteiger partial charge in [-0.2, -0.15) is 0 Å². The summed E-state index contributed by atoms with van der Waals surface area (Å²) in [5.41, 5.74) is 1.22. The van der Waals surface area contributed by atoms with Crippen LogP contribution in [0, 0.1) is 0 Å². The fourth-order valence-corrected chi connectivity index (χ4v) is 1.54. The number of aromatic nitrogens is 1. The van der Waals surface area contributed by atoms with Crippen LogP contribution in [0.15, 0.2) is 12.3 Å². The van der Waals surface area contributed by atoms with Crippen molar-refractivity contribution in [3.8, 4) is 0 Å². The molecule has 1 fully saturated rings. The fraction of sp³-hybridized carbons (Fsp3) is 0.375. The van der Waals surface area contributed by atoms with Crippen molar-refractivity contribution < 1.29 is 10.0 Å². The Morgan fingerprint density at radius 2 is 2.15 bits per heavy atom. The highest BCUT2D eigenvalue weighted by Gasteiger charge is 2.30. The van der Waals surface area contributed by atoms with Gasteiger partial charge in [0.1, 0.15) is 0 Å². The van der Waals surface area contributed by atoms with Gasteiger partial charge >= 0.3 is 7.12 Å². The van der Waals surface area contributed by atoms with E-state index in [9.17, 15) is 0 Å². The van der Waals surface area contributed by atoms with Crippen molar-refractivity contribution >= 4 is 24.2 Å². The normalized spacial score (nSPS) is 15.9. The van der Waals surface area contributed by atoms with Crippen LogP contribution in [0.3, 0.4) is 0 Å². The molecule has 0 unspecified atom stereocenters. The number of hydrogen-bond donors (Lipinski definition) is 2. The summed E-state index contributed by atoms with van der Waals surface area (Å²) in [6, 6.07) is 1.56. The van der Waals surface area contributed by atoms with E-state index in [1.165, 1.54) is 0 Å². The number of halogens is 1. The first-order chi connectivity index (χ1) is 6.18. The second-order valence-electron chi connectivity index (χ2n) is 3.28. The van der Waals surface area contributed by atoms with E-state index in [1.54, 1.807) is 12.3 Å². The molecule has 1 aromatic rings. The quantitative estimate of drug-likeness (QED) is 0.670. The first-order valence-corrected chi connectivity index (χ1v) is 4.58. The summed E-state index contributed by atoms with van der Waals surface area (Å²) in [7, 11) is -1.47. The zero-order chi connectivity index (χ0) is 9.42. The Kier molecular flexibility index (Phi) is 2.28. The van der Waals surface area contributed by atoms with Gasteiger partial charge in [0.05, 0.1) is 5.02 Å². The van der Waals surface area contributed by atoms with Gasteiger partial charge in [-0.15, -0.1) is 0 Å². The Morgan fingerprint density at radius 1 is 1.46 bits per heavy atom. The van der Waals surface area contributed by atoms with E-state index in [4.69, 9.17) is 21.6 Å². The van der Waals surface area contributed by atoms with Crippen LogP contribution in [0.25, 0.3) is 0 Å². The highest BCUT2D eigenvalue weighted by atomic mass is 35.5. The van der Waals surface area contributed by atoms with Gasteiger partial charge < -0.3 is 10.0 Å². The third-order valence-corrected chi connectivity index (χ3v) is 2.37. The predicted molar refractivity (Wildman–Crippen MR) is 51.0 cm³/mol. The van der Waals surface area contributed by atoms with Gasteiger partial charge in [0.25, 0.3) is 0 Å². The smallest absolute Gasteiger partial charge is 0.423 e. The SMILES string of the molecule is OB(O)c1cc(Cl)cnc1C1CC1. The Morgan fingerprint density at radius 3 is 2.69 bits per heavy atom. The second-order valence-corrected chi connectivity index (χ2v) is 3.71. The van der Waals surface area contributed by atoms with Crippen LogP contribution in [0.2, 0.25) is 5.02 Å². The Bertz CT molecular complexity index is 328. The van der Waals surface area contributed by atoms with Crippen molar-refractivity contribution in [3.05, 3.63) is 23.0 Å². The van der Waals surface area contributed by atoms with Crippen LogP contribution in [-0.4, -0.2) is 22.2 Å². The highest BCUT2D eigenvalue weighted by molar-refractivity contribution is 6.59. The summed E-state index contributed by atoms with van der Waals surface area (Å²) in [5, 5.41) is 18.6. The lowest BCUT2D eigenvalue weighted by Gasteiger charge is -2.06. The van der Waals surface area contributed by atoms with E-state index >= 15 is 0 Å². The molecule has 0 bridgehead atoms. The minimum atomic E-state index is -1.47. The molecule has 2 N–H and O–H groups in total. The molecule has 0 aliphatic heterocycles. The molecule has 0 atom stereocenters. The van der Waals surface area contributed by atoms with Gasteiger partial charge in [-0.3, -0.25) is 4.98 Å². The van der Waals surface area contributed by atoms with Crippen LogP contribution in [0.1, 0.15) is 24.5 Å². The minimum Gasteiger partial charge on any atom is -0.423 e. The minimum absolute atomic E-state index is 0.397.